The number of carboxylic acids is 1. The average Bonchev–Trinajstić information content (AvgIpc) is 2.83. The van der Waals surface area contributed by atoms with Gasteiger partial charge in [-0.1, -0.05) is 45.6 Å². The van der Waals surface area contributed by atoms with Gasteiger partial charge in [-0.05, 0) is 43.9 Å². The highest BCUT2D eigenvalue weighted by Gasteiger charge is 2.30. The van der Waals surface area contributed by atoms with E-state index in [1.54, 1.807) is 6.92 Å². The Kier molecular flexibility index (Phi) is 14.7. The van der Waals surface area contributed by atoms with Crippen molar-refractivity contribution in [3.8, 4) is 11.5 Å². The molecule has 11 heteroatoms. The van der Waals surface area contributed by atoms with Crippen molar-refractivity contribution in [3.63, 3.8) is 0 Å². The molecule has 0 radical (unpaired) electrons. The van der Waals surface area contributed by atoms with Crippen LogP contribution in [-0.4, -0.2) is 54.7 Å². The van der Waals surface area contributed by atoms with Crippen molar-refractivity contribution < 1.29 is 48.0 Å². The Hall–Kier alpha value is -3.34. The molecule has 1 aromatic rings. The summed E-state index contributed by atoms with van der Waals surface area (Å²) in [6.45, 7) is 7.20. The SMILES string of the molecule is CCCCCOC(=O)Oc1ccc(C(CC(C)OC(C)=O)[C@H](N)C(=O)O)cc1OC(=O)OCCCCC. The molecule has 1 rings (SSSR count). The Morgan fingerprint density at radius 3 is 1.92 bits per heavy atom. The van der Waals surface area contributed by atoms with Gasteiger partial charge in [0.2, 0.25) is 0 Å². The maximum Gasteiger partial charge on any atom is 0.513 e. The van der Waals surface area contributed by atoms with Gasteiger partial charge in [-0.3, -0.25) is 9.59 Å². The lowest BCUT2D eigenvalue weighted by molar-refractivity contribution is -0.146. The maximum atomic E-state index is 12.3. The van der Waals surface area contributed by atoms with E-state index in [9.17, 15) is 24.3 Å². The standard InChI is InChI=1S/C26H39NO10/c1-5-7-9-13-33-25(31)36-21-12-11-19(16-22(21)37-26(32)34-14-10-8-6-2)20(23(27)24(29)30)15-17(3)35-18(4)28/h11-12,16-17,20,23H,5-10,13-15,27H2,1-4H3,(H,29,30)/t17?,20?,23-/m0/s1. The van der Waals surface area contributed by atoms with Gasteiger partial charge in [0.25, 0.3) is 0 Å². The molecule has 0 spiro atoms. The summed E-state index contributed by atoms with van der Waals surface area (Å²) in [5.41, 5.74) is 6.30. The Morgan fingerprint density at radius 1 is 0.892 bits per heavy atom. The molecule has 0 aliphatic rings. The van der Waals surface area contributed by atoms with E-state index in [-0.39, 0.29) is 31.1 Å². The molecular weight excluding hydrogens is 486 g/mol. The first-order chi connectivity index (χ1) is 17.6. The number of carboxylic acid groups (broad SMARTS) is 1. The lowest BCUT2D eigenvalue weighted by Gasteiger charge is -2.25. The van der Waals surface area contributed by atoms with E-state index in [0.29, 0.717) is 18.4 Å². The lowest BCUT2D eigenvalue weighted by Crippen LogP contribution is -2.38. The van der Waals surface area contributed by atoms with Gasteiger partial charge >= 0.3 is 24.2 Å². The van der Waals surface area contributed by atoms with E-state index in [2.05, 4.69) is 0 Å². The van der Waals surface area contributed by atoms with Crippen LogP contribution in [0.1, 0.15) is 84.1 Å². The molecule has 0 bridgehead atoms. The number of carbonyl (C=O) groups is 4. The van der Waals surface area contributed by atoms with Gasteiger partial charge < -0.3 is 34.5 Å². The largest absolute Gasteiger partial charge is 0.513 e. The highest BCUT2D eigenvalue weighted by atomic mass is 16.7. The van der Waals surface area contributed by atoms with Crippen molar-refractivity contribution in [2.45, 2.75) is 90.7 Å². The third-order valence-electron chi connectivity index (χ3n) is 5.39. The zero-order valence-corrected chi connectivity index (χ0v) is 22.0. The fourth-order valence-corrected chi connectivity index (χ4v) is 3.52. The molecule has 0 amide bonds. The molecule has 3 atom stereocenters. The molecule has 0 saturated carbocycles. The van der Waals surface area contributed by atoms with Crippen LogP contribution < -0.4 is 15.2 Å². The number of benzene rings is 1. The number of hydrogen-bond acceptors (Lipinski definition) is 10. The van der Waals surface area contributed by atoms with E-state index in [0.717, 1.165) is 25.7 Å². The van der Waals surface area contributed by atoms with Crippen molar-refractivity contribution in [1.29, 1.82) is 0 Å². The predicted octanol–water partition coefficient (Wildman–Crippen LogP) is 4.94. The van der Waals surface area contributed by atoms with Crippen LogP contribution in [0.5, 0.6) is 11.5 Å². The van der Waals surface area contributed by atoms with Crippen molar-refractivity contribution in [1.82, 2.24) is 0 Å². The van der Waals surface area contributed by atoms with Crippen LogP contribution >= 0.6 is 0 Å². The van der Waals surface area contributed by atoms with E-state index < -0.39 is 42.3 Å². The second-order valence-electron chi connectivity index (χ2n) is 8.65. The van der Waals surface area contributed by atoms with Crippen LogP contribution in [0.25, 0.3) is 0 Å². The van der Waals surface area contributed by atoms with Crippen LogP contribution in [0.4, 0.5) is 9.59 Å². The molecule has 208 valence electrons. The third-order valence-corrected chi connectivity index (χ3v) is 5.39. The topological polar surface area (TPSA) is 161 Å². The molecule has 3 N–H and O–H groups in total. The summed E-state index contributed by atoms with van der Waals surface area (Å²) in [6.07, 6.45) is 2.42. The lowest BCUT2D eigenvalue weighted by atomic mass is 9.87. The predicted molar refractivity (Wildman–Crippen MR) is 134 cm³/mol. The minimum absolute atomic E-state index is 0.0770. The second-order valence-corrected chi connectivity index (χ2v) is 8.65. The van der Waals surface area contributed by atoms with Gasteiger partial charge in [0.05, 0.1) is 19.3 Å². The van der Waals surface area contributed by atoms with E-state index in [1.165, 1.54) is 25.1 Å². The number of nitrogens with two attached hydrogens (primary N) is 1. The Morgan fingerprint density at radius 2 is 1.43 bits per heavy atom. The maximum absolute atomic E-state index is 12.3. The average molecular weight is 526 g/mol. The van der Waals surface area contributed by atoms with Gasteiger partial charge in [0.15, 0.2) is 11.5 Å². The highest BCUT2D eigenvalue weighted by Crippen LogP contribution is 2.35. The first-order valence-electron chi connectivity index (χ1n) is 12.6. The number of hydrogen-bond donors (Lipinski definition) is 2. The quantitative estimate of drug-likeness (QED) is 0.130. The zero-order chi connectivity index (χ0) is 27.8. The minimum atomic E-state index is -1.36. The number of carbonyl (C=O) groups excluding carboxylic acids is 3. The first kappa shape index (κ1) is 31.7. The van der Waals surface area contributed by atoms with Crippen LogP contribution in [0, 0.1) is 0 Å². The van der Waals surface area contributed by atoms with E-state index in [4.69, 9.17) is 29.4 Å². The first-order valence-corrected chi connectivity index (χ1v) is 12.6. The fourth-order valence-electron chi connectivity index (χ4n) is 3.52. The molecule has 0 aromatic heterocycles. The highest BCUT2D eigenvalue weighted by molar-refractivity contribution is 5.75. The normalized spacial score (nSPS) is 13.1. The summed E-state index contributed by atoms with van der Waals surface area (Å²) in [6, 6.07) is 2.83. The van der Waals surface area contributed by atoms with Crippen molar-refractivity contribution in [3.05, 3.63) is 23.8 Å². The van der Waals surface area contributed by atoms with Gasteiger partial charge in [0.1, 0.15) is 6.04 Å². The van der Waals surface area contributed by atoms with Gasteiger partial charge in [0, 0.05) is 12.8 Å². The zero-order valence-electron chi connectivity index (χ0n) is 22.0. The molecular formula is C26H39NO10. The monoisotopic (exact) mass is 525 g/mol. The third kappa shape index (κ3) is 12.4. The Bertz CT molecular complexity index is 888. The molecule has 37 heavy (non-hydrogen) atoms. The Labute approximate surface area is 217 Å². The number of unbranched alkanes of at least 4 members (excludes halogenated alkanes) is 4. The number of rotatable bonds is 16. The molecule has 11 nitrogen and oxygen atoms in total. The fraction of sp³-hybridized carbons (Fsp3) is 0.615. The van der Waals surface area contributed by atoms with Crippen LogP contribution in [0.3, 0.4) is 0 Å². The second kappa shape index (κ2) is 17.2. The van der Waals surface area contributed by atoms with Crippen molar-refractivity contribution in [2.75, 3.05) is 13.2 Å². The van der Waals surface area contributed by atoms with Crippen LogP contribution in [-0.2, 0) is 23.8 Å². The molecule has 2 unspecified atom stereocenters. The van der Waals surface area contributed by atoms with Crippen molar-refractivity contribution in [2.24, 2.45) is 5.73 Å². The van der Waals surface area contributed by atoms with E-state index in [1.807, 2.05) is 13.8 Å². The van der Waals surface area contributed by atoms with Gasteiger partial charge in [-0.25, -0.2) is 9.59 Å². The van der Waals surface area contributed by atoms with Gasteiger partial charge in [-0.2, -0.15) is 0 Å². The summed E-state index contributed by atoms with van der Waals surface area (Å²) < 4.78 is 25.8. The molecule has 0 heterocycles. The molecule has 0 aliphatic carbocycles. The number of aliphatic carboxylic acids is 1. The smallest absolute Gasteiger partial charge is 0.480 e. The molecule has 0 fully saturated rings. The summed E-state index contributed by atoms with van der Waals surface area (Å²) in [5.74, 6) is -2.92. The minimum Gasteiger partial charge on any atom is -0.480 e. The number of esters is 1. The summed E-state index contributed by atoms with van der Waals surface area (Å²) in [7, 11) is 0. The molecule has 0 saturated heterocycles. The van der Waals surface area contributed by atoms with Crippen LogP contribution in [0.2, 0.25) is 0 Å². The van der Waals surface area contributed by atoms with E-state index >= 15 is 0 Å². The van der Waals surface area contributed by atoms with Crippen LogP contribution in [0.15, 0.2) is 18.2 Å². The summed E-state index contributed by atoms with van der Waals surface area (Å²) >= 11 is 0. The Balaban J connectivity index is 3.21. The van der Waals surface area contributed by atoms with Gasteiger partial charge in [-0.15, -0.1) is 0 Å². The summed E-state index contributed by atoms with van der Waals surface area (Å²) in [4.78, 5) is 47.5. The van der Waals surface area contributed by atoms with Crippen molar-refractivity contribution >= 4 is 24.2 Å². The summed E-state index contributed by atoms with van der Waals surface area (Å²) in [5, 5.41) is 9.53. The number of ether oxygens (including phenoxy) is 5. The molecule has 1 aromatic carbocycles. The molecule has 0 aliphatic heterocycles.